The third-order valence-corrected chi connectivity index (χ3v) is 4.44. The van der Waals surface area contributed by atoms with Crippen LogP contribution in [0.3, 0.4) is 0 Å². The van der Waals surface area contributed by atoms with Crippen molar-refractivity contribution in [2.45, 2.75) is 55.3 Å². The van der Waals surface area contributed by atoms with Crippen molar-refractivity contribution in [2.24, 2.45) is 0 Å². The fourth-order valence-corrected chi connectivity index (χ4v) is 3.12. The SMILES string of the molecule is CSC[C@@H]1O[C@@H](O[C@@H]2[C@H](O)[C@@H](O)O[C@H](CO)[C@H]2O)[C@@H](O)[C@@H]1O. The van der Waals surface area contributed by atoms with Crippen LogP contribution in [-0.4, -0.2) is 105 Å². The van der Waals surface area contributed by atoms with Gasteiger partial charge in [-0.25, -0.2) is 0 Å². The Morgan fingerprint density at radius 2 is 1.59 bits per heavy atom. The predicted molar refractivity (Wildman–Crippen MR) is 73.9 cm³/mol. The average molecular weight is 342 g/mol. The van der Waals surface area contributed by atoms with Crippen LogP contribution in [0.5, 0.6) is 0 Å². The first kappa shape index (κ1) is 18.3. The fraction of sp³-hybridized carbons (Fsp3) is 1.00. The number of aliphatic hydroxyl groups is 6. The molecule has 0 aromatic carbocycles. The van der Waals surface area contributed by atoms with Gasteiger partial charge in [0.05, 0.1) is 12.7 Å². The highest BCUT2D eigenvalue weighted by atomic mass is 32.2. The Morgan fingerprint density at radius 1 is 0.909 bits per heavy atom. The monoisotopic (exact) mass is 342 g/mol. The van der Waals surface area contributed by atoms with Crippen LogP contribution in [0.1, 0.15) is 0 Å². The van der Waals surface area contributed by atoms with Crippen molar-refractivity contribution in [2.75, 3.05) is 18.6 Å². The molecule has 6 N–H and O–H groups in total. The van der Waals surface area contributed by atoms with Crippen LogP contribution in [0.2, 0.25) is 0 Å². The lowest BCUT2D eigenvalue weighted by Crippen LogP contribution is -2.60. The summed E-state index contributed by atoms with van der Waals surface area (Å²) < 4.78 is 15.6. The van der Waals surface area contributed by atoms with Crippen molar-refractivity contribution in [3.05, 3.63) is 0 Å². The van der Waals surface area contributed by atoms with Crippen LogP contribution in [-0.2, 0) is 14.2 Å². The van der Waals surface area contributed by atoms with Crippen LogP contribution in [0.4, 0.5) is 0 Å². The molecule has 2 heterocycles. The third-order valence-electron chi connectivity index (χ3n) is 3.78. The summed E-state index contributed by atoms with van der Waals surface area (Å²) in [5, 5.41) is 58.3. The number of hydrogen-bond donors (Lipinski definition) is 6. The second kappa shape index (κ2) is 7.71. The summed E-state index contributed by atoms with van der Waals surface area (Å²) in [6.45, 7) is -0.587. The largest absolute Gasteiger partial charge is 0.394 e. The Kier molecular flexibility index (Phi) is 6.42. The van der Waals surface area contributed by atoms with Crippen LogP contribution in [0.15, 0.2) is 0 Å². The maximum atomic E-state index is 10.0. The highest BCUT2D eigenvalue weighted by Crippen LogP contribution is 2.29. The summed E-state index contributed by atoms with van der Waals surface area (Å²) >= 11 is 1.41. The van der Waals surface area contributed by atoms with Gasteiger partial charge in [-0.3, -0.25) is 0 Å². The number of aliphatic hydroxyl groups excluding tert-OH is 6. The fourth-order valence-electron chi connectivity index (χ4n) is 2.51. The highest BCUT2D eigenvalue weighted by molar-refractivity contribution is 7.98. The Hall–Kier alpha value is -0.0100. The smallest absolute Gasteiger partial charge is 0.187 e. The first-order chi connectivity index (χ1) is 10.4. The maximum Gasteiger partial charge on any atom is 0.187 e. The number of rotatable bonds is 5. The second-order valence-electron chi connectivity index (χ2n) is 5.31. The molecule has 10 heteroatoms. The van der Waals surface area contributed by atoms with Crippen molar-refractivity contribution in [1.29, 1.82) is 0 Å². The van der Waals surface area contributed by atoms with Crippen LogP contribution >= 0.6 is 11.8 Å². The molecule has 2 rings (SSSR count). The van der Waals surface area contributed by atoms with Gasteiger partial charge in [0.2, 0.25) is 0 Å². The number of hydrogen-bond acceptors (Lipinski definition) is 10. The van der Waals surface area contributed by atoms with E-state index in [1.54, 1.807) is 0 Å². The Bertz CT molecular complexity index is 359. The van der Waals surface area contributed by atoms with Crippen LogP contribution in [0, 0.1) is 0 Å². The standard InChI is InChI=1S/C12H22O9S/c1-22-3-5-6(14)8(16)12(20-5)21-10-7(15)4(2-13)19-11(18)9(10)17/h4-18H,2-3H2,1H3/t4-,5+,6-,7-,8+,9+,10+,11+,12+/m1/s1. The van der Waals surface area contributed by atoms with Gasteiger partial charge in [-0.2, -0.15) is 11.8 Å². The minimum absolute atomic E-state index is 0.429. The molecule has 2 aliphatic rings. The van der Waals surface area contributed by atoms with E-state index in [4.69, 9.17) is 19.3 Å². The molecule has 0 aliphatic carbocycles. The Labute approximate surface area is 131 Å². The first-order valence-corrected chi connectivity index (χ1v) is 8.26. The van der Waals surface area contributed by atoms with E-state index >= 15 is 0 Å². The zero-order chi connectivity index (χ0) is 16.4. The molecular weight excluding hydrogens is 320 g/mol. The topological polar surface area (TPSA) is 149 Å². The van der Waals surface area contributed by atoms with Crippen LogP contribution in [0.25, 0.3) is 0 Å². The molecule has 0 unspecified atom stereocenters. The molecule has 0 aromatic rings. The van der Waals surface area contributed by atoms with Gasteiger partial charge in [0.15, 0.2) is 12.6 Å². The predicted octanol–water partition coefficient (Wildman–Crippen LogP) is -3.39. The van der Waals surface area contributed by atoms with E-state index in [-0.39, 0.29) is 0 Å². The van der Waals surface area contributed by atoms with Crippen molar-refractivity contribution < 1.29 is 44.8 Å². The molecule has 0 saturated carbocycles. The first-order valence-electron chi connectivity index (χ1n) is 6.87. The molecule has 130 valence electrons. The molecule has 2 saturated heterocycles. The van der Waals surface area contributed by atoms with Gasteiger partial charge < -0.3 is 44.8 Å². The molecule has 0 radical (unpaired) electrons. The summed E-state index contributed by atoms with van der Waals surface area (Å²) in [4.78, 5) is 0. The van der Waals surface area contributed by atoms with Crippen LogP contribution < -0.4 is 0 Å². The lowest BCUT2D eigenvalue weighted by atomic mass is 9.99. The van der Waals surface area contributed by atoms with Gasteiger partial charge in [0, 0.05) is 5.75 Å². The molecule has 2 fully saturated rings. The zero-order valence-electron chi connectivity index (χ0n) is 11.9. The van der Waals surface area contributed by atoms with E-state index < -0.39 is 61.9 Å². The van der Waals surface area contributed by atoms with Gasteiger partial charge >= 0.3 is 0 Å². The van der Waals surface area contributed by atoms with E-state index in [2.05, 4.69) is 0 Å². The van der Waals surface area contributed by atoms with E-state index in [1.807, 2.05) is 6.26 Å². The third kappa shape index (κ3) is 3.56. The zero-order valence-corrected chi connectivity index (χ0v) is 12.7. The van der Waals surface area contributed by atoms with Gasteiger partial charge in [-0.05, 0) is 6.26 Å². The molecule has 0 amide bonds. The normalized spacial score (nSPS) is 49.5. The number of thioether (sulfide) groups is 1. The summed E-state index contributed by atoms with van der Waals surface area (Å²) in [5.74, 6) is 0.429. The van der Waals surface area contributed by atoms with Crippen molar-refractivity contribution >= 4 is 11.8 Å². The summed E-state index contributed by atoms with van der Waals surface area (Å²) in [6, 6.07) is 0. The second-order valence-corrected chi connectivity index (χ2v) is 6.22. The lowest BCUT2D eigenvalue weighted by molar-refractivity contribution is -0.320. The Balaban J connectivity index is 2.04. The molecule has 0 aromatic heterocycles. The number of ether oxygens (including phenoxy) is 3. The van der Waals surface area contributed by atoms with Crippen molar-refractivity contribution in [3.63, 3.8) is 0 Å². The molecule has 22 heavy (non-hydrogen) atoms. The summed E-state index contributed by atoms with van der Waals surface area (Å²) in [5.41, 5.74) is 0. The Morgan fingerprint density at radius 3 is 2.18 bits per heavy atom. The van der Waals surface area contributed by atoms with E-state index in [0.29, 0.717) is 5.75 Å². The highest BCUT2D eigenvalue weighted by Gasteiger charge is 2.50. The van der Waals surface area contributed by atoms with Gasteiger partial charge in [0.1, 0.15) is 36.6 Å². The molecule has 2 aliphatic heterocycles. The molecule has 0 bridgehead atoms. The van der Waals surface area contributed by atoms with Gasteiger partial charge in [-0.15, -0.1) is 0 Å². The maximum absolute atomic E-state index is 10.0. The lowest BCUT2D eigenvalue weighted by Gasteiger charge is -2.41. The van der Waals surface area contributed by atoms with E-state index in [0.717, 1.165) is 0 Å². The minimum Gasteiger partial charge on any atom is -0.394 e. The van der Waals surface area contributed by atoms with E-state index in [9.17, 15) is 25.5 Å². The van der Waals surface area contributed by atoms with Crippen molar-refractivity contribution in [3.8, 4) is 0 Å². The quantitative estimate of drug-likeness (QED) is 0.299. The molecular formula is C12H22O9S. The van der Waals surface area contributed by atoms with Gasteiger partial charge in [0.25, 0.3) is 0 Å². The average Bonchev–Trinajstić information content (AvgIpc) is 2.76. The minimum atomic E-state index is -1.66. The van der Waals surface area contributed by atoms with Gasteiger partial charge in [-0.1, -0.05) is 0 Å². The molecule has 0 spiro atoms. The summed E-state index contributed by atoms with van der Waals surface area (Å²) in [7, 11) is 0. The molecule has 9 nitrogen and oxygen atoms in total. The molecule has 9 atom stereocenters. The van der Waals surface area contributed by atoms with Crippen molar-refractivity contribution in [1.82, 2.24) is 0 Å². The van der Waals surface area contributed by atoms with E-state index in [1.165, 1.54) is 11.8 Å². The summed E-state index contributed by atoms with van der Waals surface area (Å²) in [6.07, 6.45) is -9.81.